The molecule has 0 saturated carbocycles. The molecule has 0 heterocycles. The summed E-state index contributed by atoms with van der Waals surface area (Å²) in [5.41, 5.74) is 0. The molecule has 0 saturated heterocycles. The Morgan fingerprint density at radius 2 is 0.722 bits per heavy atom. The number of unbranched alkanes of at least 4 members (excludes halogenated alkanes) is 45. The molecule has 0 bridgehead atoms. The second-order valence-corrected chi connectivity index (χ2v) is 26.4. The molecule has 0 fully saturated rings. The van der Waals surface area contributed by atoms with Crippen LogP contribution in [0, 0.1) is 0 Å². The third-order valence-electron chi connectivity index (χ3n) is 15.8. The van der Waals surface area contributed by atoms with Gasteiger partial charge in [0, 0.05) is 6.42 Å². The van der Waals surface area contributed by atoms with Crippen molar-refractivity contribution in [2.45, 2.75) is 353 Å². The number of hydrogen-bond donors (Lipinski definition) is 3. The molecule has 8 nitrogen and oxygen atoms in total. The second-order valence-electron chi connectivity index (χ2n) is 24.9. The maximum absolute atomic E-state index is 13.0. The molecule has 0 aromatic carbocycles. The van der Waals surface area contributed by atoms with Crippen molar-refractivity contribution in [3.05, 3.63) is 48.6 Å². The van der Waals surface area contributed by atoms with Gasteiger partial charge in [-0.1, -0.05) is 326 Å². The smallest absolute Gasteiger partial charge is 0.387 e. The second kappa shape index (κ2) is 61.0. The largest absolute Gasteiger partial charge is 0.472 e. The van der Waals surface area contributed by atoms with Crippen molar-refractivity contribution in [1.82, 2.24) is 5.32 Å². The summed E-state index contributed by atoms with van der Waals surface area (Å²) in [7, 11) is 1.59. The highest BCUT2D eigenvalue weighted by atomic mass is 31.2. The first-order valence-electron chi connectivity index (χ1n) is 34.5. The Labute approximate surface area is 492 Å². The molecule has 0 aliphatic carbocycles. The number of phosphoric ester groups is 1. The van der Waals surface area contributed by atoms with Crippen LogP contribution in [-0.4, -0.2) is 73.4 Å². The van der Waals surface area contributed by atoms with Gasteiger partial charge in [0.2, 0.25) is 5.91 Å². The summed E-state index contributed by atoms with van der Waals surface area (Å²) in [6.45, 7) is 4.85. The highest BCUT2D eigenvalue weighted by molar-refractivity contribution is 7.47. The van der Waals surface area contributed by atoms with Crippen LogP contribution in [0.1, 0.15) is 341 Å². The average Bonchev–Trinajstić information content (AvgIpc) is 3.42. The number of carbonyl (C=O) groups excluding carboxylic acids is 1. The van der Waals surface area contributed by atoms with E-state index in [1.807, 2.05) is 27.2 Å². The van der Waals surface area contributed by atoms with Gasteiger partial charge in [-0.2, -0.15) is 0 Å². The first-order chi connectivity index (χ1) is 38.5. The van der Waals surface area contributed by atoms with Gasteiger partial charge in [-0.15, -0.1) is 0 Å². The van der Waals surface area contributed by atoms with Gasteiger partial charge < -0.3 is 19.8 Å². The summed E-state index contributed by atoms with van der Waals surface area (Å²) in [4.78, 5) is 23.4. The monoisotopic (exact) mass is 1130 g/mol. The number of phosphoric acid groups is 1. The van der Waals surface area contributed by atoms with E-state index in [9.17, 15) is 19.4 Å². The molecule has 79 heavy (non-hydrogen) atoms. The third kappa shape index (κ3) is 63.9. The number of nitrogens with zero attached hydrogens (tertiary/aromatic N) is 1. The van der Waals surface area contributed by atoms with E-state index in [0.29, 0.717) is 17.4 Å². The number of likely N-dealkylation sites (N-methyl/N-ethyl adjacent to an activating group) is 1. The minimum atomic E-state index is -4.35. The molecule has 1 amide bonds. The maximum Gasteiger partial charge on any atom is 0.472 e. The lowest BCUT2D eigenvalue weighted by molar-refractivity contribution is -0.870. The average molecular weight is 1130 g/mol. The Morgan fingerprint density at radius 1 is 0.430 bits per heavy atom. The Bertz CT molecular complexity index is 1430. The van der Waals surface area contributed by atoms with Gasteiger partial charge in [0.25, 0.3) is 0 Å². The van der Waals surface area contributed by atoms with Gasteiger partial charge in [-0.05, 0) is 57.8 Å². The van der Waals surface area contributed by atoms with Gasteiger partial charge in [0.1, 0.15) is 13.2 Å². The SMILES string of the molecule is CCCCCCC/C=C\C/C=C\C/C=C\CCCCCCCCCCCCCCCCCCCCC(=O)NC(COP(=O)(O)OCC[N+](C)(C)C)C(O)/C=C/CCCCCCCCCCCCCCCCCCCCCCCC. The van der Waals surface area contributed by atoms with Crippen LogP contribution in [0.25, 0.3) is 0 Å². The van der Waals surface area contributed by atoms with Crippen molar-refractivity contribution in [2.75, 3.05) is 40.9 Å². The van der Waals surface area contributed by atoms with Gasteiger partial charge in [0.05, 0.1) is 39.9 Å². The number of aliphatic hydroxyl groups is 1. The first-order valence-corrected chi connectivity index (χ1v) is 36.0. The van der Waals surface area contributed by atoms with Crippen molar-refractivity contribution in [1.29, 1.82) is 0 Å². The fraction of sp³-hybridized carbons (Fsp3) is 0.871. The highest BCUT2D eigenvalue weighted by Crippen LogP contribution is 2.43. The van der Waals surface area contributed by atoms with E-state index in [-0.39, 0.29) is 19.1 Å². The van der Waals surface area contributed by atoms with Crippen molar-refractivity contribution >= 4 is 13.7 Å². The van der Waals surface area contributed by atoms with Crippen LogP contribution < -0.4 is 5.32 Å². The summed E-state index contributed by atoms with van der Waals surface area (Å²) in [5.74, 6) is -0.171. The van der Waals surface area contributed by atoms with Gasteiger partial charge >= 0.3 is 7.82 Å². The molecule has 0 aromatic rings. The number of hydrogen-bond acceptors (Lipinski definition) is 5. The van der Waals surface area contributed by atoms with Crippen LogP contribution in [0.4, 0.5) is 0 Å². The van der Waals surface area contributed by atoms with E-state index in [2.05, 4.69) is 55.6 Å². The Hall–Kier alpha value is -1.54. The zero-order valence-electron chi connectivity index (χ0n) is 53.4. The van der Waals surface area contributed by atoms with Crippen LogP contribution in [0.5, 0.6) is 0 Å². The number of amides is 1. The lowest BCUT2D eigenvalue weighted by atomic mass is 10.0. The minimum absolute atomic E-state index is 0.0626. The van der Waals surface area contributed by atoms with Crippen LogP contribution in [0.2, 0.25) is 0 Å². The third-order valence-corrected chi connectivity index (χ3v) is 16.8. The standard InChI is InChI=1S/C70H135N2O6P/c1-6-8-10-12-14-16-18-20-22-24-26-28-30-32-33-34-35-36-37-38-39-40-42-44-46-48-50-52-54-56-58-60-62-64-70(74)71-68(67-78-79(75,76)77-66-65-72(3,4)5)69(73)63-61-59-57-55-53-51-49-47-45-43-41-31-29-27-25-23-21-19-17-15-13-11-9-7-2/h18,20,24,26,30,32,61,63,68-69,73H,6-17,19,21-23,25,27-29,31,33-60,62,64-67H2,1-5H3,(H-,71,74,75,76)/p+1/b20-18-,26-24-,32-30-,63-61+. The molecule has 0 spiro atoms. The molecule has 0 radical (unpaired) electrons. The molecular weight excluding hydrogens is 996 g/mol. The quantitative estimate of drug-likeness (QED) is 0.0243. The van der Waals surface area contributed by atoms with Crippen LogP contribution in [0.3, 0.4) is 0 Å². The van der Waals surface area contributed by atoms with Crippen LogP contribution in [-0.2, 0) is 18.4 Å². The normalized spacial score (nSPS) is 14.0. The van der Waals surface area contributed by atoms with Gasteiger partial charge in [-0.3, -0.25) is 13.8 Å². The maximum atomic E-state index is 13.0. The van der Waals surface area contributed by atoms with E-state index in [1.54, 1.807) is 6.08 Å². The molecule has 3 atom stereocenters. The summed E-state index contributed by atoms with van der Waals surface area (Å²) in [6.07, 6.45) is 82.5. The lowest BCUT2D eigenvalue weighted by Gasteiger charge is -2.25. The molecule has 3 unspecified atom stereocenters. The number of rotatable bonds is 64. The summed E-state index contributed by atoms with van der Waals surface area (Å²) < 4.78 is 23.8. The first kappa shape index (κ1) is 77.5. The van der Waals surface area contributed by atoms with E-state index in [1.165, 1.54) is 270 Å². The number of nitrogens with one attached hydrogen (secondary N) is 1. The molecule has 0 rings (SSSR count). The van der Waals surface area contributed by atoms with Crippen LogP contribution in [0.15, 0.2) is 48.6 Å². The zero-order valence-corrected chi connectivity index (χ0v) is 54.3. The van der Waals surface area contributed by atoms with Crippen molar-refractivity contribution in [2.24, 2.45) is 0 Å². The molecule has 0 aromatic heterocycles. The lowest BCUT2D eigenvalue weighted by Crippen LogP contribution is -2.45. The molecule has 9 heteroatoms. The van der Waals surface area contributed by atoms with Gasteiger partial charge in [-0.25, -0.2) is 4.57 Å². The predicted octanol–water partition coefficient (Wildman–Crippen LogP) is 21.8. The van der Waals surface area contributed by atoms with Crippen molar-refractivity contribution < 1.29 is 32.9 Å². The van der Waals surface area contributed by atoms with E-state index < -0.39 is 20.0 Å². The van der Waals surface area contributed by atoms with Gasteiger partial charge in [0.15, 0.2) is 0 Å². The highest BCUT2D eigenvalue weighted by Gasteiger charge is 2.28. The Morgan fingerprint density at radius 3 is 1.05 bits per heavy atom. The topological polar surface area (TPSA) is 105 Å². The summed E-state index contributed by atoms with van der Waals surface area (Å²) >= 11 is 0. The fourth-order valence-corrected chi connectivity index (χ4v) is 11.1. The number of quaternary nitrogens is 1. The summed E-state index contributed by atoms with van der Waals surface area (Å²) in [5, 5.41) is 14.0. The Kier molecular flexibility index (Phi) is 59.8. The molecule has 0 aliphatic rings. The Balaban J connectivity index is 4.05. The predicted molar refractivity (Wildman–Crippen MR) is 346 cm³/mol. The van der Waals surface area contributed by atoms with Crippen molar-refractivity contribution in [3.8, 4) is 0 Å². The molecule has 0 aliphatic heterocycles. The number of carbonyl (C=O) groups is 1. The summed E-state index contributed by atoms with van der Waals surface area (Å²) in [6, 6.07) is -0.848. The fourth-order valence-electron chi connectivity index (χ4n) is 10.4. The zero-order chi connectivity index (χ0) is 57.7. The van der Waals surface area contributed by atoms with E-state index in [0.717, 1.165) is 51.4 Å². The number of allylic oxidation sites excluding steroid dienone is 7. The number of aliphatic hydroxyl groups excluding tert-OH is 1. The van der Waals surface area contributed by atoms with Crippen LogP contribution >= 0.6 is 7.82 Å². The molecule has 3 N–H and O–H groups in total. The molecular formula is C70H136N2O6P+. The minimum Gasteiger partial charge on any atom is -0.387 e. The molecule has 466 valence electrons. The van der Waals surface area contributed by atoms with E-state index >= 15 is 0 Å². The van der Waals surface area contributed by atoms with E-state index in [4.69, 9.17) is 9.05 Å². The van der Waals surface area contributed by atoms with Crippen molar-refractivity contribution in [3.63, 3.8) is 0 Å².